The Bertz CT molecular complexity index is 1270. The van der Waals surface area contributed by atoms with Crippen molar-refractivity contribution in [2.45, 2.75) is 17.9 Å². The van der Waals surface area contributed by atoms with Crippen LogP contribution in [0.1, 0.15) is 16.8 Å². The zero-order valence-corrected chi connectivity index (χ0v) is 16.9. The van der Waals surface area contributed by atoms with Gasteiger partial charge in [0.05, 0.1) is 17.9 Å². The fourth-order valence-corrected chi connectivity index (χ4v) is 4.44. The van der Waals surface area contributed by atoms with Gasteiger partial charge in [0, 0.05) is 17.0 Å². The molecule has 0 aliphatic carbocycles. The predicted octanol–water partition coefficient (Wildman–Crippen LogP) is 3.86. The Balaban J connectivity index is 1.72. The van der Waals surface area contributed by atoms with Gasteiger partial charge >= 0.3 is 0 Å². The van der Waals surface area contributed by atoms with E-state index in [1.165, 1.54) is 18.2 Å². The minimum atomic E-state index is -3.98. The summed E-state index contributed by atoms with van der Waals surface area (Å²) in [5, 5.41) is 3.28. The van der Waals surface area contributed by atoms with Gasteiger partial charge in [0.15, 0.2) is 0 Å². The lowest BCUT2D eigenvalue weighted by Crippen LogP contribution is -2.41. The highest BCUT2D eigenvalue weighted by atomic mass is 35.5. The third-order valence-corrected chi connectivity index (χ3v) is 6.23. The molecular weight excluding hydrogens is 434 g/mol. The predicted molar refractivity (Wildman–Crippen MR) is 110 cm³/mol. The van der Waals surface area contributed by atoms with Crippen LogP contribution < -0.4 is 10.0 Å². The number of aromatic nitrogens is 1. The summed E-state index contributed by atoms with van der Waals surface area (Å²) in [7, 11) is -3.98. The molecule has 0 radical (unpaired) electrons. The maximum atomic E-state index is 14.7. The lowest BCUT2D eigenvalue weighted by molar-refractivity contribution is 0.576. The molecule has 3 aromatic rings. The Hall–Kier alpha value is -3.04. The number of nitrogens with one attached hydrogen (secondary N) is 2. The van der Waals surface area contributed by atoms with Crippen LogP contribution in [0, 0.1) is 11.8 Å². The number of nitrogens with zero attached hydrogens (tertiary/aromatic N) is 2. The fourth-order valence-electron chi connectivity index (χ4n) is 3.06. The summed E-state index contributed by atoms with van der Waals surface area (Å²) >= 11 is 6.19. The van der Waals surface area contributed by atoms with E-state index in [1.807, 2.05) is 0 Å². The molecule has 30 heavy (non-hydrogen) atoms. The molecule has 4 rings (SSSR count). The Labute approximate surface area is 176 Å². The summed E-state index contributed by atoms with van der Waals surface area (Å²) in [5.74, 6) is -1.36. The third kappa shape index (κ3) is 4.12. The number of halogens is 3. The molecule has 0 saturated carbocycles. The maximum Gasteiger partial charge on any atom is 0.266 e. The SMILES string of the molecule is O=S1(=O)NC(=NCc2cccc(F)n2)Nc2c1ccc(F)c2Cc1ccccc1Cl. The quantitative estimate of drug-likeness (QED) is 0.593. The average Bonchev–Trinajstić information content (AvgIpc) is 2.69. The number of sulfonamides is 1. The second-order valence-corrected chi connectivity index (χ2v) is 8.57. The van der Waals surface area contributed by atoms with Gasteiger partial charge in [0.25, 0.3) is 10.0 Å². The fraction of sp³-hybridized carbons (Fsp3) is 0.100. The first-order valence-corrected chi connectivity index (χ1v) is 10.7. The van der Waals surface area contributed by atoms with E-state index in [0.717, 1.165) is 6.07 Å². The normalized spacial score (nSPS) is 15.9. The molecule has 0 bridgehead atoms. The number of hydrogen-bond donors (Lipinski definition) is 2. The minimum Gasteiger partial charge on any atom is -0.324 e. The highest BCUT2D eigenvalue weighted by molar-refractivity contribution is 7.90. The molecule has 2 aromatic carbocycles. The maximum absolute atomic E-state index is 14.7. The Morgan fingerprint density at radius 3 is 2.60 bits per heavy atom. The first-order chi connectivity index (χ1) is 14.3. The van der Waals surface area contributed by atoms with Crippen LogP contribution >= 0.6 is 11.6 Å². The summed E-state index contributed by atoms with van der Waals surface area (Å²) in [6.45, 7) is -0.0763. The van der Waals surface area contributed by atoms with Crippen LogP contribution in [0.2, 0.25) is 5.02 Å². The first kappa shape index (κ1) is 20.2. The van der Waals surface area contributed by atoms with Crippen LogP contribution in [0.3, 0.4) is 0 Å². The van der Waals surface area contributed by atoms with E-state index < -0.39 is 21.8 Å². The Morgan fingerprint density at radius 2 is 1.83 bits per heavy atom. The minimum absolute atomic E-state index is 0.0763. The van der Waals surface area contributed by atoms with Crippen molar-refractivity contribution in [1.82, 2.24) is 9.71 Å². The van der Waals surface area contributed by atoms with Crippen molar-refractivity contribution in [3.63, 3.8) is 0 Å². The van der Waals surface area contributed by atoms with E-state index in [-0.39, 0.29) is 35.1 Å². The van der Waals surface area contributed by atoms with E-state index in [4.69, 9.17) is 11.6 Å². The number of hydrogen-bond acceptors (Lipinski definition) is 4. The van der Waals surface area contributed by atoms with Crippen LogP contribution in [0.15, 0.2) is 64.5 Å². The van der Waals surface area contributed by atoms with Crippen molar-refractivity contribution in [3.05, 3.63) is 88.2 Å². The molecule has 0 saturated heterocycles. The molecule has 0 fully saturated rings. The molecule has 154 valence electrons. The molecule has 6 nitrogen and oxygen atoms in total. The van der Waals surface area contributed by atoms with Gasteiger partial charge in [-0.3, -0.25) is 0 Å². The molecule has 1 aliphatic heterocycles. The van der Waals surface area contributed by atoms with Gasteiger partial charge in [-0.1, -0.05) is 35.9 Å². The van der Waals surface area contributed by atoms with Crippen molar-refractivity contribution in [1.29, 1.82) is 0 Å². The van der Waals surface area contributed by atoms with Crippen LogP contribution in [0.25, 0.3) is 0 Å². The van der Waals surface area contributed by atoms with Crippen molar-refractivity contribution >= 4 is 33.3 Å². The van der Waals surface area contributed by atoms with Gasteiger partial charge < -0.3 is 5.32 Å². The van der Waals surface area contributed by atoms with Crippen LogP contribution in [-0.2, 0) is 23.0 Å². The van der Waals surface area contributed by atoms with Gasteiger partial charge in [-0.25, -0.2) is 27.5 Å². The average molecular weight is 449 g/mol. The number of pyridine rings is 1. The Morgan fingerprint density at radius 1 is 1.03 bits per heavy atom. The number of rotatable bonds is 4. The first-order valence-electron chi connectivity index (χ1n) is 8.84. The van der Waals surface area contributed by atoms with Crippen LogP contribution in [0.4, 0.5) is 14.5 Å². The lowest BCUT2D eigenvalue weighted by atomic mass is 10.0. The van der Waals surface area contributed by atoms with E-state index in [0.29, 0.717) is 16.3 Å². The van der Waals surface area contributed by atoms with Gasteiger partial charge in [-0.15, -0.1) is 0 Å². The topological polar surface area (TPSA) is 83.5 Å². The van der Waals surface area contributed by atoms with Crippen molar-refractivity contribution in [3.8, 4) is 0 Å². The van der Waals surface area contributed by atoms with Gasteiger partial charge in [0.1, 0.15) is 10.7 Å². The molecule has 0 unspecified atom stereocenters. The molecule has 0 amide bonds. The summed E-state index contributed by atoms with van der Waals surface area (Å²) in [4.78, 5) is 7.70. The van der Waals surface area contributed by atoms with Gasteiger partial charge in [-0.05, 0) is 35.9 Å². The zero-order chi connectivity index (χ0) is 21.3. The highest BCUT2D eigenvalue weighted by Crippen LogP contribution is 2.33. The van der Waals surface area contributed by atoms with E-state index >= 15 is 0 Å². The van der Waals surface area contributed by atoms with E-state index in [2.05, 4.69) is 20.0 Å². The van der Waals surface area contributed by atoms with E-state index in [9.17, 15) is 17.2 Å². The second kappa shape index (κ2) is 8.00. The zero-order valence-electron chi connectivity index (χ0n) is 15.4. The van der Waals surface area contributed by atoms with Crippen molar-refractivity contribution < 1.29 is 17.2 Å². The summed E-state index contributed by atoms with van der Waals surface area (Å²) in [6.07, 6.45) is 0.0793. The molecule has 0 spiro atoms. The summed E-state index contributed by atoms with van der Waals surface area (Å²) < 4.78 is 55.6. The number of guanidine groups is 1. The standard InChI is InChI=1S/C20H15ClF2N4O2S/c21-15-6-2-1-4-12(15)10-14-16(22)8-9-17-19(14)26-20(27-30(17,28)29)24-11-13-5-3-7-18(23)25-13/h1-9H,10-11H2,(H2,24,26,27). The van der Waals surface area contributed by atoms with Crippen LogP contribution in [-0.4, -0.2) is 19.4 Å². The molecular formula is C20H15ClF2N4O2S. The van der Waals surface area contributed by atoms with Gasteiger partial charge in [-0.2, -0.15) is 4.39 Å². The van der Waals surface area contributed by atoms with E-state index in [1.54, 1.807) is 30.3 Å². The smallest absolute Gasteiger partial charge is 0.266 e. The van der Waals surface area contributed by atoms with Crippen LogP contribution in [0.5, 0.6) is 0 Å². The summed E-state index contributed by atoms with van der Waals surface area (Å²) in [5.41, 5.74) is 1.18. The Kier molecular flexibility index (Phi) is 5.40. The number of benzene rings is 2. The number of aliphatic imine (C=N–C) groups is 1. The molecule has 2 heterocycles. The lowest BCUT2D eigenvalue weighted by Gasteiger charge is -2.24. The highest BCUT2D eigenvalue weighted by Gasteiger charge is 2.30. The number of anilines is 1. The molecule has 1 aromatic heterocycles. The number of fused-ring (bicyclic) bond motifs is 1. The van der Waals surface area contributed by atoms with Crippen molar-refractivity contribution in [2.75, 3.05) is 5.32 Å². The van der Waals surface area contributed by atoms with Gasteiger partial charge in [0.2, 0.25) is 11.9 Å². The third-order valence-electron chi connectivity index (χ3n) is 4.48. The molecule has 2 N–H and O–H groups in total. The molecule has 1 aliphatic rings. The monoisotopic (exact) mass is 448 g/mol. The second-order valence-electron chi connectivity index (χ2n) is 6.51. The molecule has 0 atom stereocenters. The van der Waals surface area contributed by atoms with Crippen molar-refractivity contribution in [2.24, 2.45) is 4.99 Å². The largest absolute Gasteiger partial charge is 0.324 e. The molecule has 10 heteroatoms. The summed E-state index contributed by atoms with van der Waals surface area (Å²) in [6, 6.07) is 13.4.